The maximum Gasteiger partial charge on any atom is 0.552 e. The number of benzene rings is 1. The minimum atomic E-state index is -1.14. The maximum absolute atomic E-state index is 14.9. The summed E-state index contributed by atoms with van der Waals surface area (Å²) in [4.78, 5) is 11.9. The minimum Gasteiger partial charge on any atom is -0.532 e. The van der Waals surface area contributed by atoms with Gasteiger partial charge in [0.1, 0.15) is 11.3 Å². The number of fused-ring (bicyclic) bond motifs is 1. The van der Waals surface area contributed by atoms with Crippen molar-refractivity contribution in [2.24, 2.45) is 11.7 Å². The van der Waals surface area contributed by atoms with Crippen LogP contribution >= 0.6 is 0 Å². The molecule has 11 heteroatoms. The second-order valence-electron chi connectivity index (χ2n) is 6.73. The predicted molar refractivity (Wildman–Crippen MR) is 102 cm³/mol. The van der Waals surface area contributed by atoms with Crippen molar-refractivity contribution >= 4 is 30.6 Å². The van der Waals surface area contributed by atoms with Crippen molar-refractivity contribution in [3.05, 3.63) is 41.2 Å². The SMILES string of the molecule is N#CC1CCOC[C@@H]1n1cc(C(N)=O)c(Nc2ccc3c(c2F)C=CB(O)O3)n1. The lowest BCUT2D eigenvalue weighted by Crippen LogP contribution is -2.29. The van der Waals surface area contributed by atoms with Gasteiger partial charge in [-0.3, -0.25) is 9.48 Å². The van der Waals surface area contributed by atoms with E-state index in [0.717, 1.165) is 0 Å². The number of nitriles is 1. The number of amides is 1. The number of halogens is 1. The molecule has 2 aliphatic rings. The van der Waals surface area contributed by atoms with Gasteiger partial charge >= 0.3 is 7.12 Å². The van der Waals surface area contributed by atoms with Gasteiger partial charge in [0.25, 0.3) is 5.91 Å². The highest BCUT2D eigenvalue weighted by atomic mass is 19.1. The first kappa shape index (κ1) is 19.0. The molecular weight excluding hydrogens is 380 g/mol. The first-order valence-corrected chi connectivity index (χ1v) is 8.96. The summed E-state index contributed by atoms with van der Waals surface area (Å²) in [6.45, 7) is 0.754. The molecule has 1 aromatic heterocycles. The van der Waals surface area contributed by atoms with Crippen LogP contribution in [0.1, 0.15) is 28.4 Å². The molecule has 1 aromatic carbocycles. The predicted octanol–water partition coefficient (Wildman–Crippen LogP) is 1.39. The number of nitrogens with two attached hydrogens (primary N) is 1. The van der Waals surface area contributed by atoms with E-state index in [-0.39, 0.29) is 46.9 Å². The highest BCUT2D eigenvalue weighted by Gasteiger charge is 2.30. The monoisotopic (exact) mass is 397 g/mol. The number of nitrogens with one attached hydrogen (secondary N) is 1. The Morgan fingerprint density at radius 2 is 2.34 bits per heavy atom. The largest absolute Gasteiger partial charge is 0.552 e. The zero-order valence-electron chi connectivity index (χ0n) is 15.2. The van der Waals surface area contributed by atoms with Crippen LogP contribution in [0.2, 0.25) is 0 Å². The molecule has 4 N–H and O–H groups in total. The highest BCUT2D eigenvalue weighted by Crippen LogP contribution is 2.34. The van der Waals surface area contributed by atoms with Crippen molar-refractivity contribution in [2.45, 2.75) is 12.5 Å². The first-order valence-electron chi connectivity index (χ1n) is 8.96. The molecule has 1 saturated heterocycles. The Bertz CT molecular complexity index is 1030. The fourth-order valence-corrected chi connectivity index (χ4v) is 3.37. The van der Waals surface area contributed by atoms with E-state index in [1.807, 2.05) is 0 Å². The summed E-state index contributed by atoms with van der Waals surface area (Å²) in [5.41, 5.74) is 5.73. The number of primary amides is 1. The van der Waals surface area contributed by atoms with Crippen LogP contribution < -0.4 is 15.7 Å². The Labute approximate surface area is 165 Å². The van der Waals surface area contributed by atoms with Crippen LogP contribution in [0.25, 0.3) is 6.08 Å². The van der Waals surface area contributed by atoms with Crippen molar-refractivity contribution in [2.75, 3.05) is 18.5 Å². The average molecular weight is 397 g/mol. The van der Waals surface area contributed by atoms with Gasteiger partial charge in [-0.2, -0.15) is 10.4 Å². The zero-order chi connectivity index (χ0) is 20.5. The number of carbonyl (C=O) groups excluding carboxylic acids is 1. The van der Waals surface area contributed by atoms with Crippen LogP contribution in [-0.2, 0) is 4.74 Å². The fraction of sp³-hybridized carbons (Fsp3) is 0.278. The lowest BCUT2D eigenvalue weighted by atomic mass is 9.86. The van der Waals surface area contributed by atoms with Crippen LogP contribution in [0.3, 0.4) is 0 Å². The molecule has 4 rings (SSSR count). The minimum absolute atomic E-state index is 0.0536. The quantitative estimate of drug-likeness (QED) is 0.664. The summed E-state index contributed by atoms with van der Waals surface area (Å²) in [6.07, 6.45) is 3.39. The number of hydrogen-bond donors (Lipinski definition) is 3. The Hall–Kier alpha value is -3.36. The molecule has 2 aromatic rings. The third kappa shape index (κ3) is 3.55. The standard InChI is InChI=1S/C18H17BFN5O4/c20-16-11-3-5-19(27)29-15(11)2-1-13(16)23-18-12(17(22)26)8-25(24-18)14-9-28-6-4-10(14)7-21/h1-3,5,8,10,14,27H,4,6,9H2,(H2,22,26)(H,23,24)/t10?,14-/m0/s1. The molecule has 0 spiro atoms. The van der Waals surface area contributed by atoms with Gasteiger partial charge in [0.15, 0.2) is 11.6 Å². The Balaban J connectivity index is 1.68. The lowest BCUT2D eigenvalue weighted by Gasteiger charge is -2.26. The van der Waals surface area contributed by atoms with Gasteiger partial charge in [-0.05, 0) is 24.5 Å². The first-order chi connectivity index (χ1) is 14.0. The molecule has 0 radical (unpaired) electrons. The van der Waals surface area contributed by atoms with Gasteiger partial charge < -0.3 is 25.5 Å². The topological polar surface area (TPSA) is 135 Å². The van der Waals surface area contributed by atoms with Gasteiger partial charge in [0, 0.05) is 12.8 Å². The molecule has 1 amide bonds. The van der Waals surface area contributed by atoms with Crippen molar-refractivity contribution in [3.63, 3.8) is 0 Å². The van der Waals surface area contributed by atoms with E-state index >= 15 is 0 Å². The number of aromatic nitrogens is 2. The molecule has 1 fully saturated rings. The molecular formula is C18H17BFN5O4. The van der Waals surface area contributed by atoms with Crippen LogP contribution in [0.5, 0.6) is 5.75 Å². The highest BCUT2D eigenvalue weighted by molar-refractivity contribution is 6.51. The molecule has 2 aliphatic heterocycles. The van der Waals surface area contributed by atoms with E-state index < -0.39 is 18.8 Å². The second kappa shape index (κ2) is 7.58. The number of carbonyl (C=O) groups is 1. The van der Waals surface area contributed by atoms with Crippen molar-refractivity contribution < 1.29 is 23.6 Å². The summed E-state index contributed by atoms with van der Waals surface area (Å²) in [7, 11) is -1.14. The zero-order valence-corrected chi connectivity index (χ0v) is 15.2. The summed E-state index contributed by atoms with van der Waals surface area (Å²) in [5.74, 6) is -0.130. The molecule has 3 heterocycles. The van der Waals surface area contributed by atoms with Crippen LogP contribution in [0, 0.1) is 23.1 Å². The normalized spacial score (nSPS) is 20.5. The van der Waals surface area contributed by atoms with Gasteiger partial charge in [-0.25, -0.2) is 4.39 Å². The molecule has 0 saturated carbocycles. The molecule has 2 atom stereocenters. The number of nitrogens with zero attached hydrogens (tertiary/aromatic N) is 3. The summed E-state index contributed by atoms with van der Waals surface area (Å²) < 4.78 is 26.9. The summed E-state index contributed by atoms with van der Waals surface area (Å²) >= 11 is 0. The summed E-state index contributed by atoms with van der Waals surface area (Å²) in [6, 6.07) is 4.75. The van der Waals surface area contributed by atoms with Crippen molar-refractivity contribution in [1.29, 1.82) is 5.26 Å². The Morgan fingerprint density at radius 1 is 1.52 bits per heavy atom. The number of rotatable bonds is 4. The number of ether oxygens (including phenoxy) is 1. The third-order valence-electron chi connectivity index (χ3n) is 4.90. The molecule has 9 nitrogen and oxygen atoms in total. The molecule has 1 unspecified atom stereocenters. The molecule has 0 bridgehead atoms. The summed E-state index contributed by atoms with van der Waals surface area (Å²) in [5, 5.41) is 26.0. The van der Waals surface area contributed by atoms with Crippen molar-refractivity contribution in [3.8, 4) is 11.8 Å². The number of anilines is 2. The lowest BCUT2D eigenvalue weighted by molar-refractivity contribution is 0.0342. The average Bonchev–Trinajstić information content (AvgIpc) is 3.14. The van der Waals surface area contributed by atoms with Gasteiger partial charge in [-0.1, -0.05) is 6.08 Å². The second-order valence-corrected chi connectivity index (χ2v) is 6.73. The van der Waals surface area contributed by atoms with E-state index in [9.17, 15) is 19.5 Å². The molecule has 0 aliphatic carbocycles. The van der Waals surface area contributed by atoms with E-state index in [2.05, 4.69) is 16.5 Å². The maximum atomic E-state index is 14.9. The Kier molecular flexibility index (Phi) is 4.96. The van der Waals surface area contributed by atoms with Gasteiger partial charge in [0.05, 0.1) is 35.9 Å². The van der Waals surface area contributed by atoms with Crippen LogP contribution in [0.4, 0.5) is 15.9 Å². The van der Waals surface area contributed by atoms with E-state index in [0.29, 0.717) is 13.0 Å². The van der Waals surface area contributed by atoms with Gasteiger partial charge in [-0.15, -0.1) is 0 Å². The van der Waals surface area contributed by atoms with E-state index in [1.165, 1.54) is 35.1 Å². The fourth-order valence-electron chi connectivity index (χ4n) is 3.37. The smallest absolute Gasteiger partial charge is 0.532 e. The van der Waals surface area contributed by atoms with E-state index in [4.69, 9.17) is 15.1 Å². The Morgan fingerprint density at radius 3 is 3.10 bits per heavy atom. The van der Waals surface area contributed by atoms with Crippen LogP contribution in [-0.4, -0.2) is 41.0 Å². The van der Waals surface area contributed by atoms with Crippen molar-refractivity contribution in [1.82, 2.24) is 9.78 Å². The van der Waals surface area contributed by atoms with Crippen LogP contribution in [0.15, 0.2) is 24.3 Å². The third-order valence-corrected chi connectivity index (χ3v) is 4.90. The molecule has 148 valence electrons. The number of hydrogen-bond acceptors (Lipinski definition) is 7. The van der Waals surface area contributed by atoms with E-state index in [1.54, 1.807) is 0 Å². The van der Waals surface area contributed by atoms with Gasteiger partial charge in [0.2, 0.25) is 0 Å². The molecule has 29 heavy (non-hydrogen) atoms.